The minimum atomic E-state index is -0.890. The molecule has 0 fully saturated rings. The van der Waals surface area contributed by atoms with Gasteiger partial charge in [0.15, 0.2) is 0 Å². The van der Waals surface area contributed by atoms with Crippen molar-refractivity contribution in [3.8, 4) is 0 Å². The van der Waals surface area contributed by atoms with Crippen molar-refractivity contribution < 1.29 is 0 Å². The van der Waals surface area contributed by atoms with Crippen molar-refractivity contribution in [2.45, 2.75) is 6.42 Å². The number of halogens is 1. The maximum Gasteiger partial charge on any atom is 0.0411 e. The quantitative estimate of drug-likeness (QED) is 0.737. The molecule has 1 heterocycles. The molecule has 0 aliphatic heterocycles. The summed E-state index contributed by atoms with van der Waals surface area (Å²) in [5.41, 5.74) is 1.14. The fourth-order valence-electron chi connectivity index (χ4n) is 0.893. The van der Waals surface area contributed by atoms with Gasteiger partial charge in [0, 0.05) is 11.9 Å². The van der Waals surface area contributed by atoms with E-state index in [9.17, 15) is 0 Å². The van der Waals surface area contributed by atoms with Crippen LogP contribution in [0.1, 0.15) is 5.69 Å². The Balaban J connectivity index is 2.44. The Kier molecular flexibility index (Phi) is 3.41. The molecule has 0 aliphatic rings. The molecule has 1 rings (SSSR count). The first-order valence-electron chi connectivity index (χ1n) is 3.88. The van der Waals surface area contributed by atoms with E-state index in [-0.39, 0.29) is 0 Å². The molecule has 0 bridgehead atoms. The van der Waals surface area contributed by atoms with E-state index in [4.69, 9.17) is 10.7 Å². The second kappa shape index (κ2) is 4.15. The number of aromatic nitrogens is 1. The van der Waals surface area contributed by atoms with Gasteiger partial charge in [-0.1, -0.05) is 16.7 Å². The van der Waals surface area contributed by atoms with Crippen LogP contribution in [0.25, 0.3) is 0 Å². The zero-order valence-corrected chi connectivity index (χ0v) is 9.03. The molecule has 1 nitrogen and oxygen atoms in total. The molecular weight excluding hydrogens is 190 g/mol. The number of nitrogens with zero attached hydrogens (tertiary/aromatic N) is 1. The summed E-state index contributed by atoms with van der Waals surface area (Å²) in [5.74, 6) is 1.05. The lowest BCUT2D eigenvalue weighted by molar-refractivity contribution is 1.04. The van der Waals surface area contributed by atoms with Crippen molar-refractivity contribution >= 4 is 19.9 Å². The number of hydrogen-bond acceptors (Lipinski definition) is 1. The van der Waals surface area contributed by atoms with Gasteiger partial charge in [0.25, 0.3) is 0 Å². The normalized spacial score (nSPS) is 12.9. The van der Waals surface area contributed by atoms with Crippen LogP contribution in [0.4, 0.5) is 0 Å². The van der Waals surface area contributed by atoms with E-state index in [2.05, 4.69) is 17.5 Å². The van der Waals surface area contributed by atoms with Crippen molar-refractivity contribution in [2.75, 3.05) is 18.3 Å². The third kappa shape index (κ3) is 3.98. The summed E-state index contributed by atoms with van der Waals surface area (Å²) in [5, 5.41) is 0. The summed E-state index contributed by atoms with van der Waals surface area (Å²) in [6, 6.07) is 5.99. The van der Waals surface area contributed by atoms with E-state index < -0.39 is 9.24 Å². The Morgan fingerprint density at radius 1 is 1.42 bits per heavy atom. The fourth-order valence-corrected chi connectivity index (χ4v) is 1.82. The first-order chi connectivity index (χ1) is 5.58. The van der Waals surface area contributed by atoms with Crippen LogP contribution in [0, 0.1) is 0 Å². The average Bonchev–Trinajstić information content (AvgIpc) is 2.02. The molecule has 0 radical (unpaired) electrons. The van der Waals surface area contributed by atoms with Crippen LogP contribution in [0.2, 0.25) is 0 Å². The molecule has 0 spiro atoms. The fraction of sp³-hybridized carbons (Fsp3) is 0.444. The molecule has 3 heteroatoms. The topological polar surface area (TPSA) is 12.9 Å². The molecule has 0 aromatic carbocycles. The molecule has 0 atom stereocenters. The lowest BCUT2D eigenvalue weighted by atomic mass is 10.3. The summed E-state index contributed by atoms with van der Waals surface area (Å²) in [6.07, 6.45) is 7.04. The van der Waals surface area contributed by atoms with Crippen LogP contribution in [0.15, 0.2) is 24.4 Å². The van der Waals surface area contributed by atoms with E-state index >= 15 is 0 Å². The summed E-state index contributed by atoms with van der Waals surface area (Å²) in [4.78, 5) is 4.24. The zero-order chi connectivity index (χ0) is 9.03. The number of rotatable bonds is 3. The van der Waals surface area contributed by atoms with Gasteiger partial charge in [0.1, 0.15) is 0 Å². The second-order valence-corrected chi connectivity index (χ2v) is 8.90. The highest BCUT2D eigenvalue weighted by Crippen LogP contribution is 2.45. The Morgan fingerprint density at radius 3 is 2.67 bits per heavy atom. The van der Waals surface area contributed by atoms with Gasteiger partial charge in [-0.3, -0.25) is 4.98 Å². The monoisotopic (exact) mass is 203 g/mol. The second-order valence-electron chi connectivity index (χ2n) is 3.18. The minimum absolute atomic E-state index is 0.890. The van der Waals surface area contributed by atoms with E-state index in [0.29, 0.717) is 0 Å². The SMILES string of the molecule is CS(C)(Cl)CCc1ccccn1. The average molecular weight is 204 g/mol. The van der Waals surface area contributed by atoms with Gasteiger partial charge in [0.2, 0.25) is 0 Å². The van der Waals surface area contributed by atoms with Gasteiger partial charge < -0.3 is 0 Å². The van der Waals surface area contributed by atoms with Gasteiger partial charge in [-0.25, -0.2) is 0 Å². The van der Waals surface area contributed by atoms with E-state index in [1.54, 1.807) is 0 Å². The zero-order valence-electron chi connectivity index (χ0n) is 7.46. The maximum atomic E-state index is 6.14. The van der Waals surface area contributed by atoms with Crippen LogP contribution >= 0.6 is 19.9 Å². The molecule has 0 N–H and O–H groups in total. The van der Waals surface area contributed by atoms with Gasteiger partial charge in [-0.15, -0.1) is 0 Å². The van der Waals surface area contributed by atoms with Crippen LogP contribution in [0.5, 0.6) is 0 Å². The number of pyridine rings is 1. The molecular formula is C9H14ClNS. The number of aryl methyl sites for hydroxylation is 1. The highest BCUT2D eigenvalue weighted by molar-refractivity contribution is 8.50. The molecule has 1 aromatic heterocycles. The molecule has 0 amide bonds. The molecule has 0 aliphatic carbocycles. The largest absolute Gasteiger partial charge is 0.261 e. The maximum absolute atomic E-state index is 6.14. The molecule has 0 saturated carbocycles. The Hall–Kier alpha value is -0.210. The molecule has 0 unspecified atom stereocenters. The first-order valence-corrected chi connectivity index (χ1v) is 7.33. The standard InChI is InChI=1S/C9H14ClNS/c1-12(2,10)8-6-9-5-3-4-7-11-9/h3-5,7H,6,8H2,1-2H3. The highest BCUT2D eigenvalue weighted by Gasteiger charge is 2.06. The van der Waals surface area contributed by atoms with Gasteiger partial charge in [-0.05, 0) is 36.8 Å². The van der Waals surface area contributed by atoms with Crippen LogP contribution in [-0.4, -0.2) is 23.2 Å². The van der Waals surface area contributed by atoms with Crippen molar-refractivity contribution in [1.82, 2.24) is 4.98 Å². The lowest BCUT2D eigenvalue weighted by Crippen LogP contribution is -1.99. The first kappa shape index (κ1) is 9.87. The van der Waals surface area contributed by atoms with E-state index in [1.807, 2.05) is 24.4 Å². The third-order valence-electron chi connectivity index (χ3n) is 1.57. The van der Waals surface area contributed by atoms with Gasteiger partial charge in [-0.2, -0.15) is 9.24 Å². The smallest absolute Gasteiger partial charge is 0.0411 e. The summed E-state index contributed by atoms with van der Waals surface area (Å²) in [6.45, 7) is 0. The molecule has 1 aromatic rings. The van der Waals surface area contributed by atoms with Crippen molar-refractivity contribution in [1.29, 1.82) is 0 Å². The van der Waals surface area contributed by atoms with Crippen molar-refractivity contribution in [2.24, 2.45) is 0 Å². The Labute approximate surface area is 80.0 Å². The molecule has 0 saturated heterocycles. The van der Waals surface area contributed by atoms with Crippen molar-refractivity contribution in [3.63, 3.8) is 0 Å². The predicted octanol–water partition coefficient (Wildman–Crippen LogP) is 2.84. The Morgan fingerprint density at radius 2 is 2.17 bits per heavy atom. The van der Waals surface area contributed by atoms with Crippen molar-refractivity contribution in [3.05, 3.63) is 30.1 Å². The number of hydrogen-bond donors (Lipinski definition) is 0. The van der Waals surface area contributed by atoms with Gasteiger partial charge in [0.05, 0.1) is 0 Å². The highest BCUT2D eigenvalue weighted by atomic mass is 35.7. The summed E-state index contributed by atoms with van der Waals surface area (Å²) >= 11 is 0. The van der Waals surface area contributed by atoms with Crippen LogP contribution in [-0.2, 0) is 6.42 Å². The van der Waals surface area contributed by atoms with Crippen LogP contribution in [0.3, 0.4) is 0 Å². The lowest BCUT2D eigenvalue weighted by Gasteiger charge is -2.20. The van der Waals surface area contributed by atoms with E-state index in [0.717, 1.165) is 17.9 Å². The van der Waals surface area contributed by atoms with Crippen LogP contribution < -0.4 is 0 Å². The van der Waals surface area contributed by atoms with E-state index in [1.165, 1.54) is 0 Å². The third-order valence-corrected chi connectivity index (χ3v) is 3.21. The Bertz CT molecular complexity index is 230. The molecule has 68 valence electrons. The summed E-state index contributed by atoms with van der Waals surface area (Å²) < 4.78 is 0. The van der Waals surface area contributed by atoms with Gasteiger partial charge >= 0.3 is 0 Å². The summed E-state index contributed by atoms with van der Waals surface area (Å²) in [7, 11) is 5.25. The minimum Gasteiger partial charge on any atom is -0.261 e. The molecule has 12 heavy (non-hydrogen) atoms. The predicted molar refractivity (Wildman–Crippen MR) is 58.1 cm³/mol.